The molecule has 8 nitrogen and oxygen atoms in total. The lowest BCUT2D eigenvalue weighted by Gasteiger charge is -2.71. The summed E-state index contributed by atoms with van der Waals surface area (Å²) in [4.78, 5) is 6.94. The highest BCUT2D eigenvalue weighted by Crippen LogP contribution is 2.70. The molecule has 0 amide bonds. The molecule has 0 aromatic heterocycles. The van der Waals surface area contributed by atoms with Crippen LogP contribution in [-0.4, -0.2) is 122 Å². The second-order valence-corrected chi connectivity index (χ2v) is 43.0. The van der Waals surface area contributed by atoms with Crippen molar-refractivity contribution in [2.24, 2.45) is 118 Å². The predicted molar refractivity (Wildman–Crippen MR) is 468 cm³/mol. The quantitative estimate of drug-likeness (QED) is 0.0454. The molecular formula is C104H180N2O6. The van der Waals surface area contributed by atoms with Crippen LogP contribution in [0.15, 0.2) is 23.3 Å². The number of ether oxygens (including phenoxy) is 6. The highest BCUT2D eigenvalue weighted by Gasteiger charge is 2.67. The number of unbranched alkanes of at least 4 members (excludes halogenated alkanes) is 6. The van der Waals surface area contributed by atoms with Gasteiger partial charge in [0.2, 0.25) is 0 Å². The van der Waals surface area contributed by atoms with E-state index in [2.05, 4.69) is 91.2 Å². The minimum atomic E-state index is 0.148. The average molecular weight is 1550 g/mol. The number of allylic oxidation sites excluding steroid dienone is 4. The Morgan fingerprint density at radius 3 is 0.982 bits per heavy atom. The molecule has 14 fully saturated rings. The highest BCUT2D eigenvalue weighted by atomic mass is 16.5. The molecule has 0 heterocycles. The van der Waals surface area contributed by atoms with Gasteiger partial charge in [-0.2, -0.15) is 0 Å². The van der Waals surface area contributed by atoms with Crippen LogP contribution >= 0.6 is 0 Å². The van der Waals surface area contributed by atoms with Gasteiger partial charge in [0.1, 0.15) is 0 Å². The van der Waals surface area contributed by atoms with Crippen LogP contribution < -0.4 is 0 Å². The van der Waals surface area contributed by atoms with Gasteiger partial charge in [-0.25, -0.2) is 0 Å². The fourth-order valence-electron chi connectivity index (χ4n) is 29.9. The Balaban J connectivity index is 0.816. The van der Waals surface area contributed by atoms with Crippen molar-refractivity contribution < 1.29 is 28.4 Å². The smallest absolute Gasteiger partial charge is 0.0780 e. The molecule has 8 heteroatoms. The van der Waals surface area contributed by atoms with Crippen molar-refractivity contribution in [1.29, 1.82) is 0 Å². The summed E-state index contributed by atoms with van der Waals surface area (Å²) >= 11 is 0. The topological polar surface area (TPSA) is 61.9 Å². The molecule has 0 bridgehead atoms. The van der Waals surface area contributed by atoms with Crippen molar-refractivity contribution in [3.63, 3.8) is 0 Å². The molecule has 14 aliphatic carbocycles. The maximum absolute atomic E-state index is 7.70. The first-order valence-electron chi connectivity index (χ1n) is 51.6. The van der Waals surface area contributed by atoms with E-state index in [-0.39, 0.29) is 36.6 Å². The number of nitrogens with zero attached hydrogens (tertiary/aromatic N) is 2. The maximum Gasteiger partial charge on any atom is 0.0780 e. The molecule has 0 aromatic carbocycles. The van der Waals surface area contributed by atoms with Crippen LogP contribution in [0.5, 0.6) is 0 Å². The van der Waals surface area contributed by atoms with Crippen molar-refractivity contribution in [3.8, 4) is 0 Å². The fourth-order valence-corrected chi connectivity index (χ4v) is 29.9. The van der Waals surface area contributed by atoms with Crippen LogP contribution in [0.3, 0.4) is 0 Å². The van der Waals surface area contributed by atoms with E-state index in [1.165, 1.54) is 270 Å². The predicted octanol–water partition coefficient (Wildman–Crippen LogP) is 27.0. The van der Waals surface area contributed by atoms with Gasteiger partial charge in [0.15, 0.2) is 0 Å². The second kappa shape index (κ2) is 43.8. The molecular weight excluding hydrogens is 1370 g/mol. The number of fused-ring (bicyclic) bond motifs is 4. The largest absolute Gasteiger partial charge is 0.378 e. The van der Waals surface area contributed by atoms with Crippen molar-refractivity contribution in [2.75, 3.05) is 39.6 Å². The van der Waals surface area contributed by atoms with E-state index in [1.807, 2.05) is 11.1 Å². The van der Waals surface area contributed by atoms with Crippen LogP contribution in [0, 0.1) is 118 Å². The minimum absolute atomic E-state index is 0.148. The van der Waals surface area contributed by atoms with Crippen molar-refractivity contribution >= 4 is 0 Å². The zero-order valence-corrected chi connectivity index (χ0v) is 75.0. The standard InChI is InChI=1S/C104H180N2O6/c1-11-17-59-107-83-67-95(109-61-19-13-3)103(96(68-83)110-62-20-14-4)105(81-53-41-75(42-54-81)65-92(77-45-33-71(7)34-46-77)78-47-35-72(8)36-48-78)94-58-57-87-85-29-25-32-91-101(85)100(90-31-26-30-89(94)99(87)90)86-27-23-24-28-88(86)102(91)106(104-97(111-63-21-15-5)69-84(108-60-18-12-2)70-98(104)112-64-22-16-6)82-55-43-76(44-56-82)66-93(79-49-37-73(9)38-50-79)80-51-39-74(10)40-52-80/h65-66,71-91,94-104H,11-64,67-70H2,1-10H3. The summed E-state index contributed by atoms with van der Waals surface area (Å²) in [5.74, 6) is 16.8. The van der Waals surface area contributed by atoms with Gasteiger partial charge in [0.05, 0.1) is 48.7 Å². The van der Waals surface area contributed by atoms with E-state index in [0.717, 1.165) is 222 Å². The van der Waals surface area contributed by atoms with Gasteiger partial charge in [-0.15, -0.1) is 0 Å². The monoisotopic (exact) mass is 1550 g/mol. The van der Waals surface area contributed by atoms with Gasteiger partial charge < -0.3 is 28.4 Å². The minimum Gasteiger partial charge on any atom is -0.378 e. The summed E-state index contributed by atoms with van der Waals surface area (Å²) in [6.45, 7) is 29.6. The van der Waals surface area contributed by atoms with Crippen molar-refractivity contribution in [2.45, 2.75) is 476 Å². The zero-order valence-electron chi connectivity index (χ0n) is 75.0. The van der Waals surface area contributed by atoms with Gasteiger partial charge in [0, 0.05) is 89.5 Å². The highest BCUT2D eigenvalue weighted by molar-refractivity contribution is 5.21. The van der Waals surface area contributed by atoms with Crippen LogP contribution in [0.2, 0.25) is 0 Å². The number of hydrogen-bond donors (Lipinski definition) is 0. The Bertz CT molecular complexity index is 2630. The lowest BCUT2D eigenvalue weighted by atomic mass is 9.38. The molecule has 14 rings (SSSR count). The third-order valence-corrected chi connectivity index (χ3v) is 35.7. The van der Waals surface area contributed by atoms with E-state index in [9.17, 15) is 0 Å². The summed E-state index contributed by atoms with van der Waals surface area (Å²) in [7, 11) is 0. The maximum atomic E-state index is 7.70. The molecule has 14 aliphatic rings. The van der Waals surface area contributed by atoms with Gasteiger partial charge in [0.25, 0.3) is 0 Å². The zero-order chi connectivity index (χ0) is 77.5. The second-order valence-electron chi connectivity index (χ2n) is 43.0. The lowest BCUT2D eigenvalue weighted by molar-refractivity contribution is -0.234. The Labute approximate surface area is 691 Å². The lowest BCUT2D eigenvalue weighted by Crippen LogP contribution is -2.72. The molecule has 0 radical (unpaired) electrons. The third kappa shape index (κ3) is 21.2. The summed E-state index contributed by atoms with van der Waals surface area (Å²) in [5.41, 5.74) is 3.93. The van der Waals surface area contributed by atoms with Crippen LogP contribution in [-0.2, 0) is 28.4 Å². The summed E-state index contributed by atoms with van der Waals surface area (Å²) in [5, 5.41) is 0. The van der Waals surface area contributed by atoms with E-state index in [0.29, 0.717) is 36.3 Å². The van der Waals surface area contributed by atoms with Gasteiger partial charge in [-0.05, 0) is 311 Å². The van der Waals surface area contributed by atoms with Gasteiger partial charge >= 0.3 is 0 Å². The van der Waals surface area contributed by atoms with Gasteiger partial charge in [-0.1, -0.05) is 208 Å². The Morgan fingerprint density at radius 2 is 0.580 bits per heavy atom. The van der Waals surface area contributed by atoms with Crippen molar-refractivity contribution in [1.82, 2.24) is 9.80 Å². The van der Waals surface area contributed by atoms with Gasteiger partial charge in [-0.3, -0.25) is 9.80 Å². The Hall–Kier alpha value is -0.840. The molecule has 0 spiro atoms. The first kappa shape index (κ1) is 87.5. The molecule has 0 aliphatic heterocycles. The summed E-state index contributed by atoms with van der Waals surface area (Å²) < 4.78 is 44.8. The van der Waals surface area contributed by atoms with E-state index in [1.54, 1.807) is 0 Å². The molecule has 16 atom stereocenters. The normalized spacial score (nSPS) is 43.2. The third-order valence-electron chi connectivity index (χ3n) is 35.7. The molecule has 0 N–H and O–H groups in total. The molecule has 16 unspecified atom stereocenters. The van der Waals surface area contributed by atoms with E-state index >= 15 is 0 Å². The molecule has 642 valence electrons. The van der Waals surface area contributed by atoms with E-state index < -0.39 is 0 Å². The molecule has 0 saturated heterocycles. The summed E-state index contributed by atoms with van der Waals surface area (Å²) in [6, 6.07) is 3.01. The molecule has 14 saturated carbocycles. The molecule has 0 aromatic rings. The summed E-state index contributed by atoms with van der Waals surface area (Å²) in [6.07, 6.45) is 76.8. The van der Waals surface area contributed by atoms with Crippen LogP contribution in [0.4, 0.5) is 0 Å². The SMILES string of the molecule is CCCCOC1CC(OCCCC)C(N(C2CCC(C=C(C3CCC(C)CC3)C3CCC(C)CC3)CC2)C2CCC3C4CCCC5C4C(C4CCCCC4C5N(C4CCC(C=C(C5CCC(C)CC5)C5CCC(C)CC5)CC4)C4C(OCCCC)CC(OCCCC)CC4OCCCC)C4CCCC2C34)C(OCCCC)C1. The first-order valence-corrected chi connectivity index (χ1v) is 51.6. The average Bonchev–Trinajstić information content (AvgIpc) is 0.691. The number of hydrogen-bond acceptors (Lipinski definition) is 8. The molecule has 112 heavy (non-hydrogen) atoms. The first-order chi connectivity index (χ1) is 55.0. The Kier molecular flexibility index (Phi) is 34.2. The van der Waals surface area contributed by atoms with Crippen LogP contribution in [0.25, 0.3) is 0 Å². The van der Waals surface area contributed by atoms with E-state index in [4.69, 9.17) is 28.4 Å². The Morgan fingerprint density at radius 1 is 0.268 bits per heavy atom. The van der Waals surface area contributed by atoms with Crippen LogP contribution in [0.1, 0.15) is 403 Å². The van der Waals surface area contributed by atoms with Crippen molar-refractivity contribution in [3.05, 3.63) is 23.3 Å². The number of rotatable bonds is 36. The fraction of sp³-hybridized carbons (Fsp3) is 0.962.